The van der Waals surface area contributed by atoms with Gasteiger partial charge < -0.3 is 9.47 Å². The summed E-state index contributed by atoms with van der Waals surface area (Å²) in [6, 6.07) is -0.175. The summed E-state index contributed by atoms with van der Waals surface area (Å²) in [5, 5.41) is 0. The highest BCUT2D eigenvalue weighted by atomic mass is 35.5. The zero-order valence-corrected chi connectivity index (χ0v) is 7.19. The molecule has 11 heavy (non-hydrogen) atoms. The SMILES string of the molecule is C=C(C)CCOC(=O)OCCl. The third kappa shape index (κ3) is 7.19. The standard InChI is InChI=1S/C7H11ClO3/c1-6(2)3-4-10-7(9)11-5-8/h1,3-5H2,2H3. The Kier molecular flexibility index (Phi) is 5.65. The topological polar surface area (TPSA) is 35.5 Å². The summed E-state index contributed by atoms with van der Waals surface area (Å²) < 4.78 is 8.89. The van der Waals surface area contributed by atoms with Crippen LogP contribution < -0.4 is 0 Å². The van der Waals surface area contributed by atoms with Crippen LogP contribution >= 0.6 is 11.6 Å². The highest BCUT2D eigenvalue weighted by Gasteiger charge is 2.00. The van der Waals surface area contributed by atoms with Crippen LogP contribution in [0.1, 0.15) is 13.3 Å². The molecule has 4 heteroatoms. The molecule has 0 aromatic rings. The molecule has 0 amide bonds. The minimum absolute atomic E-state index is 0.175. The largest absolute Gasteiger partial charge is 0.509 e. The molecule has 0 fully saturated rings. The van der Waals surface area contributed by atoms with Crippen LogP contribution in [-0.4, -0.2) is 18.8 Å². The van der Waals surface area contributed by atoms with Crippen molar-refractivity contribution in [1.82, 2.24) is 0 Å². The van der Waals surface area contributed by atoms with Crippen molar-refractivity contribution in [2.45, 2.75) is 13.3 Å². The number of ether oxygens (including phenoxy) is 2. The average Bonchev–Trinajstić information content (AvgIpc) is 1.87. The van der Waals surface area contributed by atoms with Gasteiger partial charge in [-0.25, -0.2) is 4.79 Å². The molecule has 0 bridgehead atoms. The van der Waals surface area contributed by atoms with Gasteiger partial charge in [-0.1, -0.05) is 17.2 Å². The molecule has 0 rings (SSSR count). The molecule has 0 aromatic carbocycles. The van der Waals surface area contributed by atoms with Crippen LogP contribution in [0.2, 0.25) is 0 Å². The van der Waals surface area contributed by atoms with Gasteiger partial charge in [-0.3, -0.25) is 0 Å². The van der Waals surface area contributed by atoms with Crippen LogP contribution in [0.25, 0.3) is 0 Å². The fraction of sp³-hybridized carbons (Fsp3) is 0.571. The van der Waals surface area contributed by atoms with E-state index >= 15 is 0 Å². The molecule has 0 atom stereocenters. The third-order valence-electron chi connectivity index (χ3n) is 0.921. The van der Waals surface area contributed by atoms with Crippen molar-refractivity contribution in [3.63, 3.8) is 0 Å². The lowest BCUT2D eigenvalue weighted by Gasteiger charge is -2.02. The Bertz CT molecular complexity index is 145. The van der Waals surface area contributed by atoms with E-state index < -0.39 is 6.16 Å². The quantitative estimate of drug-likeness (QED) is 0.377. The smallest absolute Gasteiger partial charge is 0.434 e. The van der Waals surface area contributed by atoms with Crippen LogP contribution in [0, 0.1) is 0 Å². The van der Waals surface area contributed by atoms with Crippen LogP contribution in [0.5, 0.6) is 0 Å². The van der Waals surface area contributed by atoms with Gasteiger partial charge in [-0.15, -0.1) is 6.58 Å². The summed E-state index contributed by atoms with van der Waals surface area (Å²) in [6.07, 6.45) is -0.0848. The predicted octanol–water partition coefficient (Wildman–Crippen LogP) is 2.30. The van der Waals surface area contributed by atoms with Crippen LogP contribution in [-0.2, 0) is 9.47 Å². The van der Waals surface area contributed by atoms with Crippen molar-refractivity contribution >= 4 is 17.8 Å². The molecule has 0 aliphatic heterocycles. The second-order valence-electron chi connectivity index (χ2n) is 2.06. The number of hydrogen-bond donors (Lipinski definition) is 0. The Balaban J connectivity index is 3.24. The van der Waals surface area contributed by atoms with Crippen LogP contribution in [0.3, 0.4) is 0 Å². The normalized spacial score (nSPS) is 8.91. The molecule has 0 N–H and O–H groups in total. The van der Waals surface area contributed by atoms with E-state index in [-0.39, 0.29) is 6.07 Å². The Labute approximate surface area is 70.9 Å². The van der Waals surface area contributed by atoms with E-state index in [0.717, 1.165) is 5.57 Å². The predicted molar refractivity (Wildman–Crippen MR) is 42.6 cm³/mol. The Hall–Kier alpha value is -0.700. The minimum Gasteiger partial charge on any atom is -0.434 e. The van der Waals surface area contributed by atoms with Crippen LogP contribution in [0.15, 0.2) is 12.2 Å². The van der Waals surface area contributed by atoms with E-state index in [9.17, 15) is 4.79 Å². The summed E-state index contributed by atoms with van der Waals surface area (Å²) in [7, 11) is 0. The molecule has 3 nitrogen and oxygen atoms in total. The zero-order valence-electron chi connectivity index (χ0n) is 6.43. The van der Waals surface area contributed by atoms with Gasteiger partial charge in [0.25, 0.3) is 0 Å². The van der Waals surface area contributed by atoms with Gasteiger partial charge in [0.05, 0.1) is 6.61 Å². The molecule has 0 aromatic heterocycles. The third-order valence-corrected chi connectivity index (χ3v) is 1.03. The van der Waals surface area contributed by atoms with Gasteiger partial charge in [0, 0.05) is 6.42 Å². The lowest BCUT2D eigenvalue weighted by molar-refractivity contribution is 0.0687. The van der Waals surface area contributed by atoms with Gasteiger partial charge in [0.2, 0.25) is 0 Å². The second-order valence-corrected chi connectivity index (χ2v) is 2.28. The molecule has 0 spiro atoms. The zero-order chi connectivity index (χ0) is 8.69. The van der Waals surface area contributed by atoms with Crippen molar-refractivity contribution in [3.8, 4) is 0 Å². The van der Waals surface area contributed by atoms with E-state index in [1.807, 2.05) is 6.92 Å². The molecule has 0 saturated carbocycles. The van der Waals surface area contributed by atoms with Crippen LogP contribution in [0.4, 0.5) is 4.79 Å². The molecule has 0 aliphatic rings. The van der Waals surface area contributed by atoms with Crippen molar-refractivity contribution in [2.75, 3.05) is 12.7 Å². The first-order valence-corrected chi connectivity index (χ1v) is 3.70. The summed E-state index contributed by atoms with van der Waals surface area (Å²) in [6.45, 7) is 5.79. The van der Waals surface area contributed by atoms with E-state index in [4.69, 9.17) is 11.6 Å². The molecule has 64 valence electrons. The van der Waals surface area contributed by atoms with Crippen molar-refractivity contribution in [3.05, 3.63) is 12.2 Å². The molecule has 0 saturated heterocycles. The van der Waals surface area contributed by atoms with Gasteiger partial charge >= 0.3 is 6.16 Å². The Morgan fingerprint density at radius 3 is 2.64 bits per heavy atom. The molecule has 0 radical (unpaired) electrons. The lowest BCUT2D eigenvalue weighted by Crippen LogP contribution is -2.07. The summed E-state index contributed by atoms with van der Waals surface area (Å²) in [5.74, 6) is 0. The lowest BCUT2D eigenvalue weighted by atomic mass is 10.3. The molecule has 0 unspecified atom stereocenters. The summed E-state index contributed by atoms with van der Waals surface area (Å²) in [4.78, 5) is 10.5. The maximum atomic E-state index is 10.5. The molecular formula is C7H11ClO3. The molecule has 0 aliphatic carbocycles. The van der Waals surface area contributed by atoms with E-state index in [2.05, 4.69) is 16.1 Å². The molecular weight excluding hydrogens is 168 g/mol. The first-order valence-electron chi connectivity index (χ1n) is 3.16. The summed E-state index contributed by atoms with van der Waals surface area (Å²) >= 11 is 5.10. The number of alkyl halides is 1. The fourth-order valence-corrected chi connectivity index (χ4v) is 0.484. The Morgan fingerprint density at radius 1 is 1.55 bits per heavy atom. The maximum Gasteiger partial charge on any atom is 0.509 e. The van der Waals surface area contributed by atoms with Crippen molar-refractivity contribution in [2.24, 2.45) is 0 Å². The highest BCUT2D eigenvalue weighted by Crippen LogP contribution is 1.96. The monoisotopic (exact) mass is 178 g/mol. The number of carbonyl (C=O) groups excluding carboxylic acids is 1. The Morgan fingerprint density at radius 2 is 2.18 bits per heavy atom. The van der Waals surface area contributed by atoms with E-state index in [1.165, 1.54) is 0 Å². The van der Waals surface area contributed by atoms with Gasteiger partial charge in [-0.05, 0) is 6.92 Å². The average molecular weight is 179 g/mol. The van der Waals surface area contributed by atoms with Crippen molar-refractivity contribution < 1.29 is 14.3 Å². The van der Waals surface area contributed by atoms with Crippen molar-refractivity contribution in [1.29, 1.82) is 0 Å². The first-order chi connectivity index (χ1) is 5.16. The number of carbonyl (C=O) groups is 1. The first kappa shape index (κ1) is 10.3. The maximum absolute atomic E-state index is 10.5. The van der Waals surface area contributed by atoms with Gasteiger partial charge in [0.15, 0.2) is 6.07 Å². The number of halogens is 1. The number of hydrogen-bond acceptors (Lipinski definition) is 3. The fourth-order valence-electron chi connectivity index (χ4n) is 0.395. The minimum atomic E-state index is -0.735. The summed E-state index contributed by atoms with van der Waals surface area (Å²) in [5.41, 5.74) is 0.962. The molecule has 0 heterocycles. The van der Waals surface area contributed by atoms with Gasteiger partial charge in [0.1, 0.15) is 0 Å². The van der Waals surface area contributed by atoms with E-state index in [0.29, 0.717) is 13.0 Å². The van der Waals surface area contributed by atoms with E-state index in [1.54, 1.807) is 0 Å². The van der Waals surface area contributed by atoms with Gasteiger partial charge in [-0.2, -0.15) is 0 Å². The highest BCUT2D eigenvalue weighted by molar-refractivity contribution is 6.17. The second kappa shape index (κ2) is 6.04. The number of rotatable bonds is 4.